The minimum atomic E-state index is -3.39. The molecule has 0 saturated heterocycles. The molecule has 0 rings (SSSR count). The number of unbranched alkanes of at least 4 members (excludes halogenated alkanes) is 2. The Balaban J connectivity index is 4.04. The summed E-state index contributed by atoms with van der Waals surface area (Å²) in [5.41, 5.74) is 0. The molecule has 0 aromatic rings. The summed E-state index contributed by atoms with van der Waals surface area (Å²) in [5, 5.41) is 5.10. The third kappa shape index (κ3) is 6.01. The molecule has 0 unspecified atom stereocenters. The quantitative estimate of drug-likeness (QED) is 0.603. The van der Waals surface area contributed by atoms with Crippen LogP contribution >= 0.6 is 0 Å². The van der Waals surface area contributed by atoms with Crippen molar-refractivity contribution >= 4 is 10.2 Å². The van der Waals surface area contributed by atoms with Gasteiger partial charge in [-0.2, -0.15) is 13.6 Å². The van der Waals surface area contributed by atoms with Crippen LogP contribution in [0.2, 0.25) is 0 Å². The second-order valence-corrected chi connectivity index (χ2v) is 4.96. The number of nitrogens with two attached hydrogens (primary N) is 1. The second kappa shape index (κ2) is 6.34. The third-order valence-corrected chi connectivity index (χ3v) is 3.23. The van der Waals surface area contributed by atoms with Crippen molar-refractivity contribution < 1.29 is 12.7 Å². The summed E-state index contributed by atoms with van der Waals surface area (Å²) in [6, 6.07) is 0. The molecule has 0 saturated carbocycles. The lowest BCUT2D eigenvalue weighted by molar-refractivity contribution is -0.768. The average molecular weight is 209 g/mol. The molecule has 0 heterocycles. The predicted molar refractivity (Wildman–Crippen MR) is 53.6 cm³/mol. The van der Waals surface area contributed by atoms with Crippen molar-refractivity contribution in [3.05, 3.63) is 0 Å². The van der Waals surface area contributed by atoms with Gasteiger partial charge < -0.3 is 0 Å². The average Bonchev–Trinajstić information content (AvgIpc) is 2.02. The summed E-state index contributed by atoms with van der Waals surface area (Å²) in [6.07, 6.45) is 3.83. The van der Waals surface area contributed by atoms with Gasteiger partial charge in [0.2, 0.25) is 0 Å². The van der Waals surface area contributed by atoms with Crippen molar-refractivity contribution in [2.75, 3.05) is 13.1 Å². The summed E-state index contributed by atoms with van der Waals surface area (Å²) in [7, 11) is -3.39. The first kappa shape index (κ1) is 12.9. The molecule has 0 aliphatic heterocycles. The van der Waals surface area contributed by atoms with E-state index < -0.39 is 10.2 Å². The van der Waals surface area contributed by atoms with Crippen LogP contribution in [0.4, 0.5) is 0 Å². The molecule has 0 amide bonds. The first-order valence-electron chi connectivity index (χ1n) is 4.89. The van der Waals surface area contributed by atoms with Gasteiger partial charge in [-0.1, -0.05) is 26.7 Å². The zero-order valence-corrected chi connectivity index (χ0v) is 9.36. The Hall–Kier alpha value is -0.130. The Bertz CT molecular complexity index is 206. The van der Waals surface area contributed by atoms with E-state index in [1.165, 1.54) is 0 Å². The Morgan fingerprint density at radius 2 is 1.46 bits per heavy atom. The molecular weight excluding hydrogens is 188 g/mol. The van der Waals surface area contributed by atoms with Crippen molar-refractivity contribution in [3.8, 4) is 0 Å². The normalized spacial score (nSPS) is 12.3. The lowest BCUT2D eigenvalue weighted by Gasteiger charge is -2.15. The maximum atomic E-state index is 11.1. The fourth-order valence-corrected chi connectivity index (χ4v) is 2.02. The first-order valence-corrected chi connectivity index (χ1v) is 6.44. The fourth-order valence-electron chi connectivity index (χ4n) is 1.16. The highest BCUT2D eigenvalue weighted by Crippen LogP contribution is 1.83. The molecule has 5 heteroatoms. The van der Waals surface area contributed by atoms with Gasteiger partial charge >= 0.3 is 10.2 Å². The largest absolute Gasteiger partial charge is 0.365 e. The highest BCUT2D eigenvalue weighted by atomic mass is 32.2. The molecule has 80 valence electrons. The van der Waals surface area contributed by atoms with Crippen LogP contribution in [-0.2, 0) is 10.2 Å². The van der Waals surface area contributed by atoms with Crippen LogP contribution in [0.1, 0.15) is 39.5 Å². The van der Waals surface area contributed by atoms with Gasteiger partial charge in [-0.05, 0) is 12.8 Å². The summed E-state index contributed by atoms with van der Waals surface area (Å²) < 4.78 is 22.7. The van der Waals surface area contributed by atoms with Crippen molar-refractivity contribution in [2.45, 2.75) is 39.5 Å². The molecule has 0 bridgehead atoms. The number of hydrogen-bond acceptors (Lipinski definition) is 2. The number of nitrogens with one attached hydrogen (secondary N) is 1. The van der Waals surface area contributed by atoms with E-state index in [4.69, 9.17) is 5.14 Å². The van der Waals surface area contributed by atoms with Crippen LogP contribution in [-0.4, -0.2) is 21.5 Å². The first-order chi connectivity index (χ1) is 6.02. The zero-order chi connectivity index (χ0) is 10.3. The molecule has 4 nitrogen and oxygen atoms in total. The number of hydrogen-bond donors (Lipinski definition) is 2. The molecule has 0 aromatic carbocycles. The van der Waals surface area contributed by atoms with Crippen LogP contribution in [0.5, 0.6) is 0 Å². The van der Waals surface area contributed by atoms with Crippen molar-refractivity contribution in [1.82, 2.24) is 0 Å². The highest BCUT2D eigenvalue weighted by molar-refractivity contribution is 7.82. The molecule has 13 heavy (non-hydrogen) atoms. The summed E-state index contributed by atoms with van der Waals surface area (Å²) in [6.45, 7) is 5.35. The van der Waals surface area contributed by atoms with E-state index in [1.807, 2.05) is 13.8 Å². The molecule has 0 aliphatic rings. The molecule has 0 aliphatic carbocycles. The Morgan fingerprint density at radius 1 is 1.08 bits per heavy atom. The zero-order valence-electron chi connectivity index (χ0n) is 8.54. The van der Waals surface area contributed by atoms with E-state index >= 15 is 0 Å². The van der Waals surface area contributed by atoms with E-state index in [-0.39, 0.29) is 0 Å². The molecular formula is C8H21N2O2S+. The van der Waals surface area contributed by atoms with Crippen LogP contribution in [0.15, 0.2) is 0 Å². The minimum absolute atomic E-state index is 0.524. The lowest BCUT2D eigenvalue weighted by atomic mass is 10.3. The Morgan fingerprint density at radius 3 is 1.69 bits per heavy atom. The second-order valence-electron chi connectivity index (χ2n) is 3.29. The molecule has 0 spiro atoms. The van der Waals surface area contributed by atoms with E-state index in [0.717, 1.165) is 25.7 Å². The van der Waals surface area contributed by atoms with Gasteiger partial charge in [0, 0.05) is 0 Å². The summed E-state index contributed by atoms with van der Waals surface area (Å²) >= 11 is 0. The van der Waals surface area contributed by atoms with Gasteiger partial charge in [0.1, 0.15) is 0 Å². The Labute approximate surface area is 81.3 Å². The molecule has 0 aromatic heterocycles. The minimum Gasteiger partial charge on any atom is -0.216 e. The van der Waals surface area contributed by atoms with Gasteiger partial charge in [-0.3, -0.25) is 0 Å². The van der Waals surface area contributed by atoms with Crippen LogP contribution in [0.3, 0.4) is 0 Å². The fraction of sp³-hybridized carbons (Fsp3) is 1.00. The Kier molecular flexibility index (Phi) is 6.28. The van der Waals surface area contributed by atoms with Gasteiger partial charge in [0.15, 0.2) is 0 Å². The van der Waals surface area contributed by atoms with Crippen molar-refractivity contribution in [3.63, 3.8) is 0 Å². The standard InChI is InChI=1S/C8H20N2O2S/c1-3-5-7-10(8-6-4-2)13(9,11)12/h3-8H2,1-2H3,(H2,9,11,12)/p+1. The number of quaternary nitrogens is 1. The van der Waals surface area contributed by atoms with Gasteiger partial charge in [-0.15, -0.1) is 0 Å². The summed E-state index contributed by atoms with van der Waals surface area (Å²) in [4.78, 5) is 0. The van der Waals surface area contributed by atoms with Crippen LogP contribution in [0, 0.1) is 0 Å². The van der Waals surface area contributed by atoms with Gasteiger partial charge in [0.25, 0.3) is 0 Å². The van der Waals surface area contributed by atoms with E-state index in [2.05, 4.69) is 0 Å². The van der Waals surface area contributed by atoms with E-state index in [1.54, 1.807) is 0 Å². The smallest absolute Gasteiger partial charge is 0.216 e. The van der Waals surface area contributed by atoms with E-state index in [9.17, 15) is 8.42 Å². The molecule has 0 atom stereocenters. The van der Waals surface area contributed by atoms with Crippen molar-refractivity contribution in [2.24, 2.45) is 5.14 Å². The molecule has 0 radical (unpaired) electrons. The third-order valence-electron chi connectivity index (χ3n) is 2.02. The van der Waals surface area contributed by atoms with Gasteiger partial charge in [-0.25, -0.2) is 4.31 Å². The maximum absolute atomic E-state index is 11.1. The van der Waals surface area contributed by atoms with Gasteiger partial charge in [0.05, 0.1) is 13.1 Å². The van der Waals surface area contributed by atoms with E-state index in [0.29, 0.717) is 17.4 Å². The maximum Gasteiger partial charge on any atom is 0.365 e. The predicted octanol–water partition coefficient (Wildman–Crippen LogP) is -0.325. The molecule has 0 fully saturated rings. The number of rotatable bonds is 7. The van der Waals surface area contributed by atoms with Crippen molar-refractivity contribution in [1.29, 1.82) is 0 Å². The lowest BCUT2D eigenvalue weighted by Crippen LogP contribution is -3.15. The van der Waals surface area contributed by atoms with Crippen LogP contribution in [0.25, 0.3) is 0 Å². The molecule has 3 N–H and O–H groups in total. The topological polar surface area (TPSA) is 64.6 Å². The monoisotopic (exact) mass is 209 g/mol. The van der Waals surface area contributed by atoms with Crippen LogP contribution < -0.4 is 9.44 Å². The summed E-state index contributed by atoms with van der Waals surface area (Å²) in [5.74, 6) is 0. The highest BCUT2D eigenvalue weighted by Gasteiger charge is 2.19. The SMILES string of the molecule is CCCC[NH+](CCCC)S(N)(=O)=O.